The maximum Gasteiger partial charge on any atom is 0.323 e. The van der Waals surface area contributed by atoms with Crippen molar-refractivity contribution in [1.82, 2.24) is 5.32 Å². The summed E-state index contributed by atoms with van der Waals surface area (Å²) in [7, 11) is -2.96. The third-order valence-corrected chi connectivity index (χ3v) is 5.99. The largest absolute Gasteiger partial charge is 0.480 e. The number of carboxylic acid groups (broad SMARTS) is 1. The molecule has 2 saturated heterocycles. The van der Waals surface area contributed by atoms with E-state index >= 15 is 0 Å². The lowest BCUT2D eigenvalue weighted by molar-refractivity contribution is -0.147. The fourth-order valence-corrected chi connectivity index (χ4v) is 4.96. The van der Waals surface area contributed by atoms with Crippen LogP contribution in [0, 0.1) is 5.92 Å². The monoisotopic (exact) mass is 275 g/mol. The van der Waals surface area contributed by atoms with Crippen LogP contribution < -0.4 is 5.32 Å². The zero-order chi connectivity index (χ0) is 13.2. The molecule has 6 heteroatoms. The van der Waals surface area contributed by atoms with Gasteiger partial charge in [0.1, 0.15) is 5.54 Å². The van der Waals surface area contributed by atoms with Crippen LogP contribution in [0.25, 0.3) is 0 Å². The number of aliphatic carboxylic acids is 1. The number of hydrogen-bond acceptors (Lipinski definition) is 4. The van der Waals surface area contributed by atoms with Gasteiger partial charge in [-0.2, -0.15) is 0 Å². The molecule has 0 bridgehead atoms. The first-order valence-electron chi connectivity index (χ1n) is 6.62. The van der Waals surface area contributed by atoms with Crippen molar-refractivity contribution in [2.24, 2.45) is 5.92 Å². The van der Waals surface area contributed by atoms with Crippen LogP contribution in [-0.4, -0.2) is 43.1 Å². The molecule has 5 nitrogen and oxygen atoms in total. The van der Waals surface area contributed by atoms with Crippen LogP contribution >= 0.6 is 0 Å². The average molecular weight is 275 g/mol. The summed E-state index contributed by atoms with van der Waals surface area (Å²) in [5.41, 5.74) is -0.893. The SMILES string of the molecule is O=C(O)C1(CC2CCCS(=O)(=O)C2)CCCCN1. The van der Waals surface area contributed by atoms with E-state index in [1.165, 1.54) is 0 Å². The molecule has 18 heavy (non-hydrogen) atoms. The Morgan fingerprint density at radius 2 is 2.11 bits per heavy atom. The summed E-state index contributed by atoms with van der Waals surface area (Å²) in [5.74, 6) is -0.420. The molecule has 0 spiro atoms. The maximum atomic E-state index is 11.6. The van der Waals surface area contributed by atoms with Crippen molar-refractivity contribution in [2.75, 3.05) is 18.1 Å². The van der Waals surface area contributed by atoms with E-state index in [4.69, 9.17) is 0 Å². The second kappa shape index (κ2) is 5.17. The van der Waals surface area contributed by atoms with Crippen LogP contribution in [0.1, 0.15) is 38.5 Å². The number of carbonyl (C=O) groups is 1. The first-order chi connectivity index (χ1) is 8.44. The predicted octanol–water partition coefficient (Wildman–Crippen LogP) is 0.798. The van der Waals surface area contributed by atoms with Crippen LogP contribution in [0.4, 0.5) is 0 Å². The third kappa shape index (κ3) is 3.03. The van der Waals surface area contributed by atoms with Crippen molar-refractivity contribution in [3.8, 4) is 0 Å². The number of carboxylic acids is 1. The van der Waals surface area contributed by atoms with Crippen LogP contribution in [0.3, 0.4) is 0 Å². The van der Waals surface area contributed by atoms with Crippen molar-refractivity contribution in [2.45, 2.75) is 44.1 Å². The van der Waals surface area contributed by atoms with Gasteiger partial charge in [0.25, 0.3) is 0 Å². The van der Waals surface area contributed by atoms with Crippen molar-refractivity contribution in [3.05, 3.63) is 0 Å². The van der Waals surface area contributed by atoms with Crippen LogP contribution in [0.15, 0.2) is 0 Å². The molecule has 2 heterocycles. The number of piperidine rings is 1. The lowest BCUT2D eigenvalue weighted by Crippen LogP contribution is -2.56. The fraction of sp³-hybridized carbons (Fsp3) is 0.917. The Morgan fingerprint density at radius 1 is 1.33 bits per heavy atom. The second-order valence-electron chi connectivity index (χ2n) is 5.60. The minimum Gasteiger partial charge on any atom is -0.480 e. The van der Waals surface area contributed by atoms with Gasteiger partial charge >= 0.3 is 5.97 Å². The van der Waals surface area contributed by atoms with Gasteiger partial charge in [-0.15, -0.1) is 0 Å². The first-order valence-corrected chi connectivity index (χ1v) is 8.45. The molecule has 104 valence electrons. The van der Waals surface area contributed by atoms with Gasteiger partial charge in [0.15, 0.2) is 9.84 Å². The maximum absolute atomic E-state index is 11.6. The summed E-state index contributed by atoms with van der Waals surface area (Å²) in [6.07, 6.45) is 4.45. The summed E-state index contributed by atoms with van der Waals surface area (Å²) in [6.45, 7) is 0.714. The standard InChI is InChI=1S/C12H21NO4S/c14-11(15)12(5-1-2-6-13-12)8-10-4-3-7-18(16,17)9-10/h10,13H,1-9H2,(H,14,15). The fourth-order valence-electron chi connectivity index (χ4n) is 3.18. The summed E-state index contributed by atoms with van der Waals surface area (Å²) < 4.78 is 23.2. The predicted molar refractivity (Wildman–Crippen MR) is 68.2 cm³/mol. The minimum absolute atomic E-state index is 0.00884. The molecule has 2 unspecified atom stereocenters. The van der Waals surface area contributed by atoms with Crippen LogP contribution in [0.5, 0.6) is 0 Å². The van der Waals surface area contributed by atoms with Crippen LogP contribution in [-0.2, 0) is 14.6 Å². The molecule has 2 fully saturated rings. The van der Waals surface area contributed by atoms with Gasteiger partial charge in [-0.25, -0.2) is 8.42 Å². The smallest absolute Gasteiger partial charge is 0.323 e. The van der Waals surface area contributed by atoms with Crippen molar-refractivity contribution in [3.63, 3.8) is 0 Å². The number of nitrogens with one attached hydrogen (secondary N) is 1. The molecule has 0 saturated carbocycles. The van der Waals surface area contributed by atoms with E-state index in [-0.39, 0.29) is 17.4 Å². The van der Waals surface area contributed by atoms with E-state index in [9.17, 15) is 18.3 Å². The quantitative estimate of drug-likeness (QED) is 0.796. The zero-order valence-electron chi connectivity index (χ0n) is 10.5. The van der Waals surface area contributed by atoms with E-state index in [0.29, 0.717) is 25.8 Å². The van der Waals surface area contributed by atoms with E-state index in [1.807, 2.05) is 0 Å². The molecule has 0 aliphatic carbocycles. The Morgan fingerprint density at radius 3 is 2.67 bits per heavy atom. The van der Waals surface area contributed by atoms with Gasteiger partial charge < -0.3 is 10.4 Å². The summed E-state index contributed by atoms with van der Waals surface area (Å²) >= 11 is 0. The third-order valence-electron chi connectivity index (χ3n) is 4.10. The van der Waals surface area contributed by atoms with E-state index in [2.05, 4.69) is 5.32 Å². The first kappa shape index (κ1) is 13.8. The molecule has 0 aromatic rings. The van der Waals surface area contributed by atoms with Gasteiger partial charge in [0.2, 0.25) is 0 Å². The lowest BCUT2D eigenvalue weighted by atomic mass is 9.80. The summed E-state index contributed by atoms with van der Waals surface area (Å²) in [5, 5.41) is 12.5. The molecule has 2 rings (SSSR count). The van der Waals surface area contributed by atoms with Gasteiger partial charge in [-0.05, 0) is 51.0 Å². The van der Waals surface area contributed by atoms with Gasteiger partial charge in [-0.3, -0.25) is 4.79 Å². The normalized spacial score (nSPS) is 36.1. The number of hydrogen-bond donors (Lipinski definition) is 2. The van der Waals surface area contributed by atoms with Gasteiger partial charge in [-0.1, -0.05) is 0 Å². The molecule has 2 aliphatic heterocycles. The van der Waals surface area contributed by atoms with E-state index < -0.39 is 21.3 Å². The Labute approximate surface area is 108 Å². The molecular weight excluding hydrogens is 254 g/mol. The Bertz CT molecular complexity index is 412. The topological polar surface area (TPSA) is 83.5 Å². The molecule has 0 aromatic heterocycles. The van der Waals surface area contributed by atoms with Gasteiger partial charge in [0, 0.05) is 0 Å². The van der Waals surface area contributed by atoms with Crippen LogP contribution in [0.2, 0.25) is 0 Å². The molecule has 0 radical (unpaired) electrons. The van der Waals surface area contributed by atoms with E-state index in [0.717, 1.165) is 19.3 Å². The van der Waals surface area contributed by atoms with Gasteiger partial charge in [0.05, 0.1) is 11.5 Å². The summed E-state index contributed by atoms with van der Waals surface area (Å²) in [4.78, 5) is 11.5. The zero-order valence-corrected chi connectivity index (χ0v) is 11.3. The highest BCUT2D eigenvalue weighted by molar-refractivity contribution is 7.91. The molecule has 2 atom stereocenters. The minimum atomic E-state index is -2.96. The molecular formula is C12H21NO4S. The van der Waals surface area contributed by atoms with Crippen molar-refractivity contribution in [1.29, 1.82) is 0 Å². The van der Waals surface area contributed by atoms with Crippen molar-refractivity contribution < 1.29 is 18.3 Å². The highest BCUT2D eigenvalue weighted by Gasteiger charge is 2.42. The number of rotatable bonds is 3. The van der Waals surface area contributed by atoms with Crippen molar-refractivity contribution >= 4 is 15.8 Å². The molecule has 0 amide bonds. The molecule has 2 N–H and O–H groups in total. The average Bonchev–Trinajstić information content (AvgIpc) is 2.28. The number of sulfone groups is 1. The molecule has 2 aliphatic rings. The Hall–Kier alpha value is -0.620. The Kier molecular flexibility index (Phi) is 3.96. The highest BCUT2D eigenvalue weighted by atomic mass is 32.2. The van der Waals surface area contributed by atoms with E-state index in [1.54, 1.807) is 0 Å². The highest BCUT2D eigenvalue weighted by Crippen LogP contribution is 2.31. The second-order valence-corrected chi connectivity index (χ2v) is 7.83. The molecule has 0 aromatic carbocycles. The lowest BCUT2D eigenvalue weighted by Gasteiger charge is -2.38. The summed E-state index contributed by atoms with van der Waals surface area (Å²) in [6, 6.07) is 0. The Balaban J connectivity index is 2.07.